The molecule has 1 nitrogen and oxygen atoms in total. The Morgan fingerprint density at radius 2 is 1.24 bits per heavy atom. The monoisotopic (exact) mass is 331 g/mol. The first-order valence-corrected chi connectivity index (χ1v) is 8.57. The molecule has 0 N–H and O–H groups in total. The Balaban J connectivity index is 2.17. The summed E-state index contributed by atoms with van der Waals surface area (Å²) in [5.41, 5.74) is 0.917. The molecule has 4 heteroatoms. The van der Waals surface area contributed by atoms with Crippen molar-refractivity contribution in [1.29, 1.82) is 0 Å². The van der Waals surface area contributed by atoms with E-state index in [2.05, 4.69) is 29.2 Å². The van der Waals surface area contributed by atoms with E-state index in [4.69, 9.17) is 23.2 Å². The molecule has 0 saturated heterocycles. The van der Waals surface area contributed by atoms with Gasteiger partial charge in [-0.1, -0.05) is 83.9 Å². The van der Waals surface area contributed by atoms with E-state index < -0.39 is 7.92 Å². The molecule has 0 aliphatic carbocycles. The highest BCUT2D eigenvalue weighted by molar-refractivity contribution is 7.79. The molecule has 0 saturated carbocycles. The predicted molar refractivity (Wildman–Crippen MR) is 93.0 cm³/mol. The molecule has 0 aliphatic rings. The molecule has 3 aromatic rings. The van der Waals surface area contributed by atoms with Gasteiger partial charge in [0.05, 0.1) is 5.44 Å². The number of benzene rings is 2. The summed E-state index contributed by atoms with van der Waals surface area (Å²) in [4.78, 5) is 4.50. The van der Waals surface area contributed by atoms with Gasteiger partial charge in [-0.25, -0.2) is 4.98 Å². The van der Waals surface area contributed by atoms with E-state index in [0.29, 0.717) is 10.2 Å². The van der Waals surface area contributed by atoms with Crippen molar-refractivity contribution < 1.29 is 0 Å². The maximum Gasteiger partial charge on any atom is 0.131 e. The third-order valence-corrected chi connectivity index (χ3v) is 5.73. The molecule has 104 valence electrons. The van der Waals surface area contributed by atoms with E-state index in [0.717, 1.165) is 5.44 Å². The Morgan fingerprint density at radius 1 is 0.714 bits per heavy atom. The molecule has 3 rings (SSSR count). The average Bonchev–Trinajstić information content (AvgIpc) is 2.49. The van der Waals surface area contributed by atoms with Gasteiger partial charge in [0.25, 0.3) is 0 Å². The number of hydrogen-bond donors (Lipinski definition) is 0. The lowest BCUT2D eigenvalue weighted by molar-refractivity contribution is 1.39. The van der Waals surface area contributed by atoms with Crippen molar-refractivity contribution in [2.24, 2.45) is 0 Å². The highest BCUT2D eigenvalue weighted by atomic mass is 35.5. The van der Waals surface area contributed by atoms with Crippen molar-refractivity contribution in [2.45, 2.75) is 0 Å². The van der Waals surface area contributed by atoms with E-state index >= 15 is 0 Å². The summed E-state index contributed by atoms with van der Waals surface area (Å²) in [6.07, 6.45) is 0. The molecular formula is C17H12Cl2NP. The van der Waals surface area contributed by atoms with Crippen molar-refractivity contribution in [3.8, 4) is 0 Å². The second kappa shape index (κ2) is 6.58. The highest BCUT2D eigenvalue weighted by Gasteiger charge is 2.18. The molecular weight excluding hydrogens is 320 g/mol. The summed E-state index contributed by atoms with van der Waals surface area (Å²) in [5.74, 6) is 0. The van der Waals surface area contributed by atoms with E-state index in [-0.39, 0.29) is 0 Å². The Bertz CT molecular complexity index is 673. The molecule has 0 bridgehead atoms. The van der Waals surface area contributed by atoms with Crippen molar-refractivity contribution >= 4 is 47.2 Å². The van der Waals surface area contributed by atoms with Crippen LogP contribution in [0.2, 0.25) is 10.2 Å². The molecule has 1 heterocycles. The summed E-state index contributed by atoms with van der Waals surface area (Å²) < 4.78 is 0. The second-order valence-corrected chi connectivity index (χ2v) is 7.46. The standard InChI is InChI=1S/C17H12Cl2NP/c18-13-11-16(19)20-17(12-13)21(14-7-3-1-4-8-14)15-9-5-2-6-10-15/h1-12H. The fraction of sp³-hybridized carbons (Fsp3) is 0. The molecule has 0 spiro atoms. The minimum atomic E-state index is -0.758. The first-order valence-electron chi connectivity index (χ1n) is 6.47. The van der Waals surface area contributed by atoms with Crippen LogP contribution in [0.1, 0.15) is 0 Å². The van der Waals surface area contributed by atoms with Crippen LogP contribution >= 0.6 is 31.1 Å². The molecule has 0 unspecified atom stereocenters. The number of halogens is 2. The molecule has 2 aromatic carbocycles. The van der Waals surface area contributed by atoms with Gasteiger partial charge in [-0.2, -0.15) is 0 Å². The van der Waals surface area contributed by atoms with Crippen LogP contribution in [0.4, 0.5) is 0 Å². The topological polar surface area (TPSA) is 12.9 Å². The molecule has 21 heavy (non-hydrogen) atoms. The lowest BCUT2D eigenvalue weighted by atomic mass is 10.4. The third-order valence-electron chi connectivity index (χ3n) is 3.00. The lowest BCUT2D eigenvalue weighted by Gasteiger charge is -2.18. The molecule has 0 amide bonds. The van der Waals surface area contributed by atoms with Crippen molar-refractivity contribution in [1.82, 2.24) is 4.98 Å². The van der Waals surface area contributed by atoms with Crippen LogP contribution in [-0.2, 0) is 0 Å². The number of hydrogen-bond acceptors (Lipinski definition) is 1. The predicted octanol–water partition coefficient (Wildman–Crippen LogP) is 4.15. The van der Waals surface area contributed by atoms with Crippen LogP contribution in [0.3, 0.4) is 0 Å². The van der Waals surface area contributed by atoms with Gasteiger partial charge in [-0.3, -0.25) is 0 Å². The Morgan fingerprint density at radius 3 is 1.71 bits per heavy atom. The van der Waals surface area contributed by atoms with Gasteiger partial charge in [0.1, 0.15) is 5.15 Å². The summed E-state index contributed by atoms with van der Waals surface area (Å²) in [7, 11) is -0.758. The van der Waals surface area contributed by atoms with Gasteiger partial charge in [-0.05, 0) is 22.7 Å². The highest BCUT2D eigenvalue weighted by Crippen LogP contribution is 2.33. The molecule has 1 aromatic heterocycles. The van der Waals surface area contributed by atoms with Crippen molar-refractivity contribution in [3.63, 3.8) is 0 Å². The van der Waals surface area contributed by atoms with Gasteiger partial charge < -0.3 is 0 Å². The fourth-order valence-corrected chi connectivity index (χ4v) is 4.98. The summed E-state index contributed by atoms with van der Waals surface area (Å²) in [6, 6.07) is 24.2. The van der Waals surface area contributed by atoms with Crippen LogP contribution in [0.5, 0.6) is 0 Å². The molecule has 0 atom stereocenters. The summed E-state index contributed by atoms with van der Waals surface area (Å²) >= 11 is 12.2. The van der Waals surface area contributed by atoms with E-state index in [9.17, 15) is 0 Å². The maximum absolute atomic E-state index is 6.16. The fourth-order valence-electron chi connectivity index (χ4n) is 2.14. The lowest BCUT2D eigenvalue weighted by Crippen LogP contribution is -2.22. The molecule has 0 fully saturated rings. The van der Waals surface area contributed by atoms with Crippen LogP contribution in [0, 0.1) is 0 Å². The van der Waals surface area contributed by atoms with Gasteiger partial charge in [-0.15, -0.1) is 0 Å². The normalized spacial score (nSPS) is 10.8. The Labute approximate surface area is 135 Å². The van der Waals surface area contributed by atoms with E-state index in [1.54, 1.807) is 6.07 Å². The van der Waals surface area contributed by atoms with Crippen LogP contribution in [-0.4, -0.2) is 4.98 Å². The van der Waals surface area contributed by atoms with Crippen LogP contribution in [0.15, 0.2) is 72.8 Å². The minimum absolute atomic E-state index is 0.428. The maximum atomic E-state index is 6.16. The van der Waals surface area contributed by atoms with Gasteiger partial charge in [0.2, 0.25) is 0 Å². The van der Waals surface area contributed by atoms with Crippen LogP contribution < -0.4 is 16.0 Å². The zero-order chi connectivity index (χ0) is 14.7. The molecule has 0 radical (unpaired) electrons. The summed E-state index contributed by atoms with van der Waals surface area (Å²) in [6.45, 7) is 0. The van der Waals surface area contributed by atoms with Gasteiger partial charge in [0, 0.05) is 12.9 Å². The Kier molecular flexibility index (Phi) is 4.55. The van der Waals surface area contributed by atoms with Gasteiger partial charge >= 0.3 is 0 Å². The van der Waals surface area contributed by atoms with Crippen LogP contribution in [0.25, 0.3) is 0 Å². The smallest absolute Gasteiger partial charge is 0.131 e. The SMILES string of the molecule is Clc1cc(Cl)nc(P(c2ccccc2)c2ccccc2)c1. The first-order chi connectivity index (χ1) is 10.2. The quantitative estimate of drug-likeness (QED) is 0.519. The van der Waals surface area contributed by atoms with E-state index in [1.807, 2.05) is 42.5 Å². The third kappa shape index (κ3) is 3.44. The number of pyridine rings is 1. The second-order valence-electron chi connectivity index (χ2n) is 4.47. The zero-order valence-corrected chi connectivity index (χ0v) is 13.5. The minimum Gasteiger partial charge on any atom is -0.236 e. The van der Waals surface area contributed by atoms with Gasteiger partial charge in [0.15, 0.2) is 0 Å². The number of rotatable bonds is 3. The largest absolute Gasteiger partial charge is 0.236 e. The Hall–Kier alpha value is -1.40. The van der Waals surface area contributed by atoms with Crippen molar-refractivity contribution in [3.05, 3.63) is 83.0 Å². The first kappa shape index (κ1) is 14.5. The average molecular weight is 332 g/mol. The zero-order valence-electron chi connectivity index (χ0n) is 11.1. The molecule has 0 aliphatic heterocycles. The van der Waals surface area contributed by atoms with Crippen molar-refractivity contribution in [2.75, 3.05) is 0 Å². The number of aromatic nitrogens is 1. The number of nitrogens with zero attached hydrogens (tertiary/aromatic N) is 1. The summed E-state index contributed by atoms with van der Waals surface area (Å²) in [5, 5.41) is 3.50. The van der Waals surface area contributed by atoms with E-state index in [1.165, 1.54) is 10.6 Å².